The number of aliphatic hydroxyl groups is 1. The zero-order chi connectivity index (χ0) is 11.8. The summed E-state index contributed by atoms with van der Waals surface area (Å²) in [7, 11) is 0. The Labute approximate surface area is 94.3 Å². The number of aromatic nitrogens is 2. The third kappa shape index (κ3) is 4.68. The molecule has 1 heterocycles. The van der Waals surface area contributed by atoms with Gasteiger partial charge in [-0.3, -0.25) is 0 Å². The van der Waals surface area contributed by atoms with E-state index in [0.29, 0.717) is 24.6 Å². The van der Waals surface area contributed by atoms with Gasteiger partial charge in [0, 0.05) is 19.6 Å². The smallest absolute Gasteiger partial charge is 0.158 e. The van der Waals surface area contributed by atoms with Crippen LogP contribution in [0.25, 0.3) is 0 Å². The van der Waals surface area contributed by atoms with E-state index in [2.05, 4.69) is 20.6 Å². The summed E-state index contributed by atoms with van der Waals surface area (Å²) in [5.41, 5.74) is 0.304. The average Bonchev–Trinajstić information content (AvgIpc) is 2.29. The third-order valence-electron chi connectivity index (χ3n) is 1.81. The fraction of sp³-hybridized carbons (Fsp3) is 0.500. The number of nitrogens with one attached hydrogen (secondary N) is 2. The SMILES string of the molecule is CC(O)CNCCNc1cnc(C#N)cn1. The lowest BCUT2D eigenvalue weighted by atomic mass is 10.4. The van der Waals surface area contributed by atoms with E-state index in [1.807, 2.05) is 6.07 Å². The highest BCUT2D eigenvalue weighted by Gasteiger charge is 1.96. The van der Waals surface area contributed by atoms with Gasteiger partial charge in [-0.05, 0) is 6.92 Å². The standard InChI is InChI=1S/C10H15N5O/c1-8(16)5-12-2-3-13-10-7-14-9(4-11)6-15-10/h6-8,12,16H,2-3,5H2,1H3,(H,13,15). The Kier molecular flexibility index (Phi) is 5.19. The van der Waals surface area contributed by atoms with Gasteiger partial charge in [-0.1, -0.05) is 0 Å². The van der Waals surface area contributed by atoms with Crippen molar-refractivity contribution in [2.45, 2.75) is 13.0 Å². The minimum atomic E-state index is -0.338. The number of hydrogen-bond donors (Lipinski definition) is 3. The quantitative estimate of drug-likeness (QED) is 0.572. The van der Waals surface area contributed by atoms with E-state index in [0.717, 1.165) is 6.54 Å². The molecule has 6 heteroatoms. The first-order valence-electron chi connectivity index (χ1n) is 5.07. The molecule has 1 rings (SSSR count). The molecule has 0 bridgehead atoms. The molecular weight excluding hydrogens is 206 g/mol. The second-order valence-corrected chi connectivity index (χ2v) is 3.38. The summed E-state index contributed by atoms with van der Waals surface area (Å²) in [6, 6.07) is 1.90. The molecule has 0 radical (unpaired) electrons. The Hall–Kier alpha value is -1.71. The summed E-state index contributed by atoms with van der Waals surface area (Å²) >= 11 is 0. The molecule has 86 valence electrons. The third-order valence-corrected chi connectivity index (χ3v) is 1.81. The molecule has 1 unspecified atom stereocenters. The molecule has 0 fully saturated rings. The van der Waals surface area contributed by atoms with Crippen molar-refractivity contribution in [3.05, 3.63) is 18.1 Å². The van der Waals surface area contributed by atoms with E-state index in [1.165, 1.54) is 12.4 Å². The van der Waals surface area contributed by atoms with E-state index >= 15 is 0 Å². The first-order valence-corrected chi connectivity index (χ1v) is 5.07. The van der Waals surface area contributed by atoms with Gasteiger partial charge in [0.1, 0.15) is 11.9 Å². The fourth-order valence-corrected chi connectivity index (χ4v) is 1.07. The van der Waals surface area contributed by atoms with Gasteiger partial charge in [0.15, 0.2) is 5.69 Å². The van der Waals surface area contributed by atoms with Crippen LogP contribution in [0, 0.1) is 11.3 Å². The fourth-order valence-electron chi connectivity index (χ4n) is 1.07. The van der Waals surface area contributed by atoms with Crippen molar-refractivity contribution >= 4 is 5.82 Å². The van der Waals surface area contributed by atoms with Crippen LogP contribution in [0.15, 0.2) is 12.4 Å². The first-order chi connectivity index (χ1) is 7.72. The van der Waals surface area contributed by atoms with E-state index in [-0.39, 0.29) is 6.10 Å². The molecule has 0 saturated heterocycles. The summed E-state index contributed by atoms with van der Waals surface area (Å²) in [6.45, 7) is 3.72. The molecule has 0 aliphatic carbocycles. The molecule has 0 aliphatic rings. The minimum absolute atomic E-state index is 0.304. The molecule has 0 aliphatic heterocycles. The van der Waals surface area contributed by atoms with Crippen LogP contribution in [-0.2, 0) is 0 Å². The Bertz CT molecular complexity index is 343. The molecule has 0 saturated carbocycles. The summed E-state index contributed by atoms with van der Waals surface area (Å²) in [6.07, 6.45) is 2.60. The molecule has 0 aromatic carbocycles. The molecule has 1 aromatic rings. The summed E-state index contributed by atoms with van der Waals surface area (Å²) in [5, 5.41) is 23.6. The maximum atomic E-state index is 8.99. The van der Waals surface area contributed by atoms with E-state index < -0.39 is 0 Å². The minimum Gasteiger partial charge on any atom is -0.392 e. The lowest BCUT2D eigenvalue weighted by molar-refractivity contribution is 0.192. The molecule has 1 atom stereocenters. The lowest BCUT2D eigenvalue weighted by Crippen LogP contribution is -2.29. The van der Waals surface area contributed by atoms with Gasteiger partial charge in [0.25, 0.3) is 0 Å². The predicted octanol–water partition coefficient (Wildman–Crippen LogP) is -0.269. The molecule has 3 N–H and O–H groups in total. The number of rotatable bonds is 6. The number of nitrogens with zero attached hydrogens (tertiary/aromatic N) is 3. The second kappa shape index (κ2) is 6.71. The van der Waals surface area contributed by atoms with Gasteiger partial charge < -0.3 is 15.7 Å². The van der Waals surface area contributed by atoms with Crippen molar-refractivity contribution in [2.75, 3.05) is 25.0 Å². The summed E-state index contributed by atoms with van der Waals surface area (Å²) in [4.78, 5) is 7.89. The molecule has 0 spiro atoms. The van der Waals surface area contributed by atoms with Crippen LogP contribution in [0.4, 0.5) is 5.82 Å². The topological polar surface area (TPSA) is 93.9 Å². The normalized spacial score (nSPS) is 11.8. The van der Waals surface area contributed by atoms with E-state index in [9.17, 15) is 0 Å². The molecular formula is C10H15N5O. The van der Waals surface area contributed by atoms with Gasteiger partial charge in [0.05, 0.1) is 18.5 Å². The van der Waals surface area contributed by atoms with Crippen molar-refractivity contribution in [3.8, 4) is 6.07 Å². The maximum absolute atomic E-state index is 8.99. The van der Waals surface area contributed by atoms with E-state index in [4.69, 9.17) is 10.4 Å². The second-order valence-electron chi connectivity index (χ2n) is 3.38. The molecule has 6 nitrogen and oxygen atoms in total. The van der Waals surface area contributed by atoms with Crippen LogP contribution >= 0.6 is 0 Å². The van der Waals surface area contributed by atoms with Crippen LogP contribution < -0.4 is 10.6 Å². The van der Waals surface area contributed by atoms with Crippen LogP contribution in [0.3, 0.4) is 0 Å². The Morgan fingerprint density at radius 2 is 2.25 bits per heavy atom. The summed E-state index contributed by atoms with van der Waals surface area (Å²) in [5.74, 6) is 0.637. The maximum Gasteiger partial charge on any atom is 0.158 e. The summed E-state index contributed by atoms with van der Waals surface area (Å²) < 4.78 is 0. The van der Waals surface area contributed by atoms with Gasteiger partial charge in [-0.15, -0.1) is 0 Å². The zero-order valence-corrected chi connectivity index (χ0v) is 9.14. The largest absolute Gasteiger partial charge is 0.392 e. The Morgan fingerprint density at radius 3 is 2.81 bits per heavy atom. The number of anilines is 1. The lowest BCUT2D eigenvalue weighted by Gasteiger charge is -2.07. The van der Waals surface area contributed by atoms with Crippen molar-refractivity contribution in [2.24, 2.45) is 0 Å². The van der Waals surface area contributed by atoms with Crippen LogP contribution in [0.5, 0.6) is 0 Å². The Morgan fingerprint density at radius 1 is 1.44 bits per heavy atom. The highest BCUT2D eigenvalue weighted by Crippen LogP contribution is 1.98. The van der Waals surface area contributed by atoms with E-state index in [1.54, 1.807) is 6.92 Å². The van der Waals surface area contributed by atoms with Crippen molar-refractivity contribution in [1.29, 1.82) is 5.26 Å². The highest BCUT2D eigenvalue weighted by atomic mass is 16.3. The monoisotopic (exact) mass is 221 g/mol. The van der Waals surface area contributed by atoms with Crippen molar-refractivity contribution < 1.29 is 5.11 Å². The highest BCUT2D eigenvalue weighted by molar-refractivity contribution is 5.32. The number of hydrogen-bond acceptors (Lipinski definition) is 6. The Balaban J connectivity index is 2.20. The van der Waals surface area contributed by atoms with Gasteiger partial charge in [-0.2, -0.15) is 5.26 Å². The van der Waals surface area contributed by atoms with Crippen molar-refractivity contribution in [1.82, 2.24) is 15.3 Å². The van der Waals surface area contributed by atoms with Gasteiger partial charge >= 0.3 is 0 Å². The number of aliphatic hydroxyl groups excluding tert-OH is 1. The van der Waals surface area contributed by atoms with Gasteiger partial charge in [-0.25, -0.2) is 9.97 Å². The van der Waals surface area contributed by atoms with Crippen molar-refractivity contribution in [3.63, 3.8) is 0 Å². The predicted molar refractivity (Wildman–Crippen MR) is 59.8 cm³/mol. The molecule has 0 amide bonds. The van der Waals surface area contributed by atoms with Gasteiger partial charge in [0.2, 0.25) is 0 Å². The molecule has 1 aromatic heterocycles. The van der Waals surface area contributed by atoms with Crippen LogP contribution in [0.2, 0.25) is 0 Å². The molecule has 16 heavy (non-hydrogen) atoms. The average molecular weight is 221 g/mol. The zero-order valence-electron chi connectivity index (χ0n) is 9.14. The van der Waals surface area contributed by atoms with Crippen LogP contribution in [0.1, 0.15) is 12.6 Å². The van der Waals surface area contributed by atoms with Crippen LogP contribution in [-0.4, -0.2) is 40.8 Å². The number of nitriles is 1. The first kappa shape index (κ1) is 12.4.